The van der Waals surface area contributed by atoms with E-state index in [2.05, 4.69) is 15.6 Å². The summed E-state index contributed by atoms with van der Waals surface area (Å²) < 4.78 is 5.17. The van der Waals surface area contributed by atoms with Crippen molar-refractivity contribution in [1.82, 2.24) is 5.27 Å². The van der Waals surface area contributed by atoms with Crippen molar-refractivity contribution in [3.8, 4) is 0 Å². The first kappa shape index (κ1) is 14.9. The van der Waals surface area contributed by atoms with E-state index in [9.17, 15) is 4.79 Å². The van der Waals surface area contributed by atoms with E-state index in [0.29, 0.717) is 11.6 Å². The Bertz CT molecular complexity index is 611. The first-order valence-electron chi connectivity index (χ1n) is 7.43. The summed E-state index contributed by atoms with van der Waals surface area (Å²) in [5.74, 6) is 0.620. The Morgan fingerprint density at radius 1 is 1.27 bits per heavy atom. The number of hydrogen-bond donors (Lipinski definition) is 1. The van der Waals surface area contributed by atoms with Gasteiger partial charge < -0.3 is 0 Å². The van der Waals surface area contributed by atoms with E-state index in [-0.39, 0.29) is 5.91 Å². The molecule has 0 radical (unpaired) electrons. The smallest absolute Gasteiger partial charge is 0.288 e. The molecule has 1 aromatic heterocycles. The summed E-state index contributed by atoms with van der Waals surface area (Å²) in [7, 11) is 0. The van der Waals surface area contributed by atoms with Crippen LogP contribution in [0.15, 0.2) is 45.9 Å². The summed E-state index contributed by atoms with van der Waals surface area (Å²) in [5, 5.41) is 8.80. The van der Waals surface area contributed by atoms with Gasteiger partial charge in [-0.25, -0.2) is 0 Å². The number of benzene rings is 1. The highest BCUT2D eigenvalue weighted by molar-refractivity contribution is 8.00. The number of nitrogens with zero attached hydrogens (tertiary/aromatic N) is 3. The second-order valence-corrected chi connectivity index (χ2v) is 6.20. The molecule has 1 fully saturated rings. The topological polar surface area (TPSA) is 62.3 Å². The third kappa shape index (κ3) is 4.00. The van der Waals surface area contributed by atoms with Crippen molar-refractivity contribution in [2.45, 2.75) is 24.2 Å². The van der Waals surface area contributed by atoms with E-state index >= 15 is 0 Å². The molecule has 1 aliphatic heterocycles. The third-order valence-electron chi connectivity index (χ3n) is 3.45. The molecule has 116 valence electrons. The Balaban J connectivity index is 1.50. The summed E-state index contributed by atoms with van der Waals surface area (Å²) in [6.07, 6.45) is 5.30. The molecule has 6 nitrogen and oxygen atoms in total. The predicted octanol–water partition coefficient (Wildman–Crippen LogP) is 1.81. The van der Waals surface area contributed by atoms with E-state index in [1.54, 1.807) is 11.0 Å². The number of aromatic nitrogens is 2. The first-order valence-corrected chi connectivity index (χ1v) is 8.41. The van der Waals surface area contributed by atoms with Gasteiger partial charge in [-0.05, 0) is 31.4 Å². The number of carbonyl (C=O) groups is 1. The van der Waals surface area contributed by atoms with Gasteiger partial charge in [0.15, 0.2) is 0 Å². The van der Waals surface area contributed by atoms with Crippen molar-refractivity contribution in [1.29, 1.82) is 0 Å². The molecule has 3 rings (SSSR count). The van der Waals surface area contributed by atoms with Crippen molar-refractivity contribution >= 4 is 23.6 Å². The van der Waals surface area contributed by atoms with Crippen LogP contribution in [0.3, 0.4) is 0 Å². The van der Waals surface area contributed by atoms with Gasteiger partial charge in [-0.1, -0.05) is 18.2 Å². The zero-order valence-electron chi connectivity index (χ0n) is 12.3. The maximum Gasteiger partial charge on any atom is 0.305 e. The zero-order chi connectivity index (χ0) is 15.2. The lowest BCUT2D eigenvalue weighted by atomic mass is 10.2. The average Bonchev–Trinajstić information content (AvgIpc) is 3.03. The Labute approximate surface area is 133 Å². The van der Waals surface area contributed by atoms with E-state index < -0.39 is 0 Å². The minimum absolute atomic E-state index is 0.101. The molecule has 1 aromatic carbocycles. The molecule has 0 spiro atoms. The summed E-state index contributed by atoms with van der Waals surface area (Å²) in [6.45, 7) is 1.93. The van der Waals surface area contributed by atoms with Crippen LogP contribution in [0.1, 0.15) is 19.3 Å². The SMILES string of the molecule is O=C(CSc1ccccc1)Nc1c[n+](N2CCCCC2)no1. The number of carbonyl (C=O) groups excluding carboxylic acids is 1. The minimum atomic E-state index is -0.101. The van der Waals surface area contributed by atoms with Crippen molar-refractivity contribution in [2.24, 2.45) is 0 Å². The number of amides is 1. The Kier molecular flexibility index (Phi) is 4.95. The fraction of sp³-hybridized carbons (Fsp3) is 0.400. The van der Waals surface area contributed by atoms with Crippen molar-refractivity contribution in [3.63, 3.8) is 0 Å². The van der Waals surface area contributed by atoms with Gasteiger partial charge in [-0.15, -0.1) is 11.8 Å². The molecule has 1 N–H and O–H groups in total. The zero-order valence-corrected chi connectivity index (χ0v) is 13.1. The van der Waals surface area contributed by atoms with Crippen LogP contribution in [0, 0.1) is 0 Å². The van der Waals surface area contributed by atoms with Gasteiger partial charge in [-0.3, -0.25) is 14.6 Å². The Morgan fingerprint density at radius 3 is 2.82 bits per heavy atom. The van der Waals surface area contributed by atoms with Gasteiger partial charge in [0.1, 0.15) is 0 Å². The quantitative estimate of drug-likeness (QED) is 0.673. The number of thioether (sulfide) groups is 1. The van der Waals surface area contributed by atoms with Crippen molar-refractivity contribution in [3.05, 3.63) is 36.5 Å². The largest absolute Gasteiger partial charge is 0.305 e. The van der Waals surface area contributed by atoms with Crippen LogP contribution in [0.4, 0.5) is 5.88 Å². The number of rotatable bonds is 5. The fourth-order valence-electron chi connectivity index (χ4n) is 2.35. The fourth-order valence-corrected chi connectivity index (χ4v) is 3.07. The van der Waals surface area contributed by atoms with E-state index in [4.69, 9.17) is 4.52 Å². The summed E-state index contributed by atoms with van der Waals surface area (Å²) in [4.78, 5) is 14.7. The maximum absolute atomic E-state index is 11.9. The van der Waals surface area contributed by atoms with Crippen LogP contribution in [0.2, 0.25) is 0 Å². The van der Waals surface area contributed by atoms with Crippen LogP contribution in [0.5, 0.6) is 0 Å². The Morgan fingerprint density at radius 2 is 2.05 bits per heavy atom. The number of anilines is 1. The molecule has 1 amide bonds. The standard InChI is InChI=1S/C15H18N4O2S/c20-14(12-22-13-7-3-1-4-8-13)16-15-11-19(17-21-15)18-9-5-2-6-10-18/h1,3-4,7-8,11H,2,5-6,9-10,12H2/p+1. The normalized spacial score (nSPS) is 14.8. The van der Waals surface area contributed by atoms with Crippen molar-refractivity contribution in [2.75, 3.05) is 29.2 Å². The molecule has 2 heterocycles. The highest BCUT2D eigenvalue weighted by atomic mass is 32.2. The molecule has 1 aliphatic rings. The first-order chi connectivity index (χ1) is 10.8. The van der Waals surface area contributed by atoms with Crippen LogP contribution in [-0.2, 0) is 4.79 Å². The molecule has 0 aliphatic carbocycles. The second kappa shape index (κ2) is 7.31. The van der Waals surface area contributed by atoms with Gasteiger partial charge in [-0.2, -0.15) is 5.01 Å². The van der Waals surface area contributed by atoms with Crippen LogP contribution >= 0.6 is 11.8 Å². The van der Waals surface area contributed by atoms with Crippen LogP contribution in [0.25, 0.3) is 0 Å². The highest BCUT2D eigenvalue weighted by Gasteiger charge is 2.23. The second-order valence-electron chi connectivity index (χ2n) is 5.15. The van der Waals surface area contributed by atoms with E-state index in [1.807, 2.05) is 30.3 Å². The third-order valence-corrected chi connectivity index (χ3v) is 4.47. The van der Waals surface area contributed by atoms with Gasteiger partial charge in [0, 0.05) is 4.90 Å². The molecule has 2 aromatic rings. The lowest BCUT2D eigenvalue weighted by Crippen LogP contribution is -2.60. The lowest BCUT2D eigenvalue weighted by molar-refractivity contribution is -0.759. The molecule has 7 heteroatoms. The summed E-state index contributed by atoms with van der Waals surface area (Å²) in [5.41, 5.74) is 0. The summed E-state index contributed by atoms with van der Waals surface area (Å²) >= 11 is 1.49. The number of nitrogens with one attached hydrogen (secondary N) is 1. The van der Waals surface area contributed by atoms with E-state index in [1.165, 1.54) is 18.2 Å². The number of hydrogen-bond acceptors (Lipinski definition) is 5. The molecular weight excluding hydrogens is 300 g/mol. The Hall–Kier alpha value is -2.02. The van der Waals surface area contributed by atoms with Gasteiger partial charge >= 0.3 is 5.88 Å². The molecule has 0 bridgehead atoms. The van der Waals surface area contributed by atoms with Gasteiger partial charge in [0.2, 0.25) is 11.2 Å². The van der Waals surface area contributed by atoms with Crippen LogP contribution in [-0.4, -0.2) is 30.0 Å². The maximum atomic E-state index is 11.9. The molecule has 22 heavy (non-hydrogen) atoms. The highest BCUT2D eigenvalue weighted by Crippen LogP contribution is 2.17. The molecular formula is C15H19N4O2S+. The molecule has 1 saturated heterocycles. The average molecular weight is 319 g/mol. The molecule has 0 saturated carbocycles. The lowest BCUT2D eigenvalue weighted by Gasteiger charge is -2.17. The van der Waals surface area contributed by atoms with E-state index in [0.717, 1.165) is 30.8 Å². The predicted molar refractivity (Wildman–Crippen MR) is 84.3 cm³/mol. The van der Waals surface area contributed by atoms with Gasteiger partial charge in [0.25, 0.3) is 6.20 Å². The van der Waals surface area contributed by atoms with Crippen LogP contribution < -0.4 is 15.1 Å². The molecule has 0 unspecified atom stereocenters. The number of piperidine rings is 1. The summed E-state index contributed by atoms with van der Waals surface area (Å²) in [6, 6.07) is 9.84. The van der Waals surface area contributed by atoms with Crippen molar-refractivity contribution < 1.29 is 14.1 Å². The monoisotopic (exact) mass is 319 g/mol. The minimum Gasteiger partial charge on any atom is -0.288 e. The van der Waals surface area contributed by atoms with Gasteiger partial charge in [0.05, 0.1) is 23.6 Å². The molecule has 0 atom stereocenters.